The Morgan fingerprint density at radius 2 is 1.96 bits per heavy atom. The van der Waals surface area contributed by atoms with E-state index in [1.54, 1.807) is 0 Å². The molecule has 1 atom stereocenters. The molecule has 0 N–H and O–H groups in total. The highest BCUT2D eigenvalue weighted by molar-refractivity contribution is 9.10. The standard InChI is InChI=1S/C18H25BrN6/c1-13-15(19)7-8-17(21-13)25-11-5-6-14(12-25)24(4)18-20-10-9-16(22-18)23(2)3/h7-10,14H,5-6,11-12H2,1-4H3. The van der Waals surface area contributed by atoms with Crippen molar-refractivity contribution in [3.05, 3.63) is 34.6 Å². The molecule has 1 fully saturated rings. The maximum absolute atomic E-state index is 4.72. The predicted octanol–water partition coefficient (Wildman–Crippen LogP) is 3.11. The van der Waals surface area contributed by atoms with E-state index in [4.69, 9.17) is 4.98 Å². The van der Waals surface area contributed by atoms with Gasteiger partial charge in [-0.3, -0.25) is 0 Å². The summed E-state index contributed by atoms with van der Waals surface area (Å²) < 4.78 is 1.05. The molecule has 1 unspecified atom stereocenters. The van der Waals surface area contributed by atoms with Crippen molar-refractivity contribution in [1.29, 1.82) is 0 Å². The van der Waals surface area contributed by atoms with Gasteiger partial charge in [0, 0.05) is 50.9 Å². The molecule has 134 valence electrons. The summed E-state index contributed by atoms with van der Waals surface area (Å²) in [7, 11) is 6.08. The Morgan fingerprint density at radius 3 is 2.68 bits per heavy atom. The van der Waals surface area contributed by atoms with Crippen molar-refractivity contribution < 1.29 is 0 Å². The van der Waals surface area contributed by atoms with E-state index < -0.39 is 0 Å². The second kappa shape index (κ2) is 7.56. The number of hydrogen-bond donors (Lipinski definition) is 0. The zero-order chi connectivity index (χ0) is 18.0. The molecule has 1 aliphatic rings. The van der Waals surface area contributed by atoms with Crippen LogP contribution in [-0.2, 0) is 0 Å². The largest absolute Gasteiger partial charge is 0.363 e. The predicted molar refractivity (Wildman–Crippen MR) is 107 cm³/mol. The van der Waals surface area contributed by atoms with E-state index in [0.717, 1.165) is 53.7 Å². The lowest BCUT2D eigenvalue weighted by molar-refractivity contribution is 0.480. The summed E-state index contributed by atoms with van der Waals surface area (Å²) in [5.41, 5.74) is 1.02. The third-order valence-corrected chi connectivity index (χ3v) is 5.51. The van der Waals surface area contributed by atoms with Crippen molar-refractivity contribution in [3.63, 3.8) is 0 Å². The van der Waals surface area contributed by atoms with E-state index in [0.29, 0.717) is 6.04 Å². The highest BCUT2D eigenvalue weighted by Gasteiger charge is 2.26. The van der Waals surface area contributed by atoms with Crippen molar-refractivity contribution in [2.45, 2.75) is 25.8 Å². The Labute approximate surface area is 158 Å². The first-order valence-corrected chi connectivity index (χ1v) is 9.36. The maximum Gasteiger partial charge on any atom is 0.227 e. The fourth-order valence-electron chi connectivity index (χ4n) is 3.11. The van der Waals surface area contributed by atoms with Crippen LogP contribution in [0.2, 0.25) is 0 Å². The van der Waals surface area contributed by atoms with Gasteiger partial charge >= 0.3 is 0 Å². The van der Waals surface area contributed by atoms with Crippen molar-refractivity contribution in [2.75, 3.05) is 48.9 Å². The highest BCUT2D eigenvalue weighted by atomic mass is 79.9. The summed E-state index contributed by atoms with van der Waals surface area (Å²) >= 11 is 3.53. The summed E-state index contributed by atoms with van der Waals surface area (Å²) in [4.78, 5) is 20.4. The van der Waals surface area contributed by atoms with Gasteiger partial charge in [-0.1, -0.05) is 0 Å². The molecule has 3 rings (SSSR count). The van der Waals surface area contributed by atoms with Crippen LogP contribution >= 0.6 is 15.9 Å². The van der Waals surface area contributed by atoms with Gasteiger partial charge in [-0.25, -0.2) is 9.97 Å². The fourth-order valence-corrected chi connectivity index (χ4v) is 3.33. The number of aromatic nitrogens is 3. The lowest BCUT2D eigenvalue weighted by atomic mass is 10.0. The Bertz CT molecular complexity index is 735. The van der Waals surface area contributed by atoms with Crippen LogP contribution in [0.1, 0.15) is 18.5 Å². The number of likely N-dealkylation sites (N-methyl/N-ethyl adjacent to an activating group) is 1. The minimum atomic E-state index is 0.372. The maximum atomic E-state index is 4.72. The quantitative estimate of drug-likeness (QED) is 0.779. The molecule has 2 aromatic heterocycles. The van der Waals surface area contributed by atoms with E-state index in [1.165, 1.54) is 0 Å². The van der Waals surface area contributed by atoms with Crippen molar-refractivity contribution in [1.82, 2.24) is 15.0 Å². The number of halogens is 1. The summed E-state index contributed by atoms with van der Waals surface area (Å²) in [6.45, 7) is 4.00. The molecular weight excluding hydrogens is 380 g/mol. The molecule has 0 spiro atoms. The molecule has 0 bridgehead atoms. The molecule has 0 aromatic carbocycles. The fraction of sp³-hybridized carbons (Fsp3) is 0.500. The van der Waals surface area contributed by atoms with Crippen LogP contribution in [0.5, 0.6) is 0 Å². The molecule has 1 saturated heterocycles. The van der Waals surface area contributed by atoms with Crippen LogP contribution in [0, 0.1) is 6.92 Å². The average Bonchev–Trinajstić information content (AvgIpc) is 2.63. The molecule has 3 heterocycles. The minimum absolute atomic E-state index is 0.372. The number of piperidine rings is 1. The van der Waals surface area contributed by atoms with Crippen LogP contribution in [0.4, 0.5) is 17.6 Å². The highest BCUT2D eigenvalue weighted by Crippen LogP contribution is 2.25. The Hall–Kier alpha value is -1.89. The number of anilines is 3. The van der Waals surface area contributed by atoms with Gasteiger partial charge in [0.1, 0.15) is 11.6 Å². The van der Waals surface area contributed by atoms with E-state index in [2.05, 4.69) is 54.9 Å². The zero-order valence-corrected chi connectivity index (χ0v) is 16.9. The Balaban J connectivity index is 1.76. The lowest BCUT2D eigenvalue weighted by Gasteiger charge is -2.38. The minimum Gasteiger partial charge on any atom is -0.363 e. The molecule has 25 heavy (non-hydrogen) atoms. The number of nitrogens with zero attached hydrogens (tertiary/aromatic N) is 6. The van der Waals surface area contributed by atoms with E-state index in [1.807, 2.05) is 38.2 Å². The van der Waals surface area contributed by atoms with Gasteiger partial charge in [0.25, 0.3) is 0 Å². The molecule has 1 aliphatic heterocycles. The van der Waals surface area contributed by atoms with Crippen molar-refractivity contribution in [2.24, 2.45) is 0 Å². The lowest BCUT2D eigenvalue weighted by Crippen LogP contribution is -2.47. The molecule has 0 saturated carbocycles. The third-order valence-electron chi connectivity index (χ3n) is 4.68. The number of hydrogen-bond acceptors (Lipinski definition) is 6. The van der Waals surface area contributed by atoms with E-state index in [9.17, 15) is 0 Å². The van der Waals surface area contributed by atoms with Crippen LogP contribution in [0.15, 0.2) is 28.9 Å². The van der Waals surface area contributed by atoms with Gasteiger partial charge in [0.15, 0.2) is 0 Å². The van der Waals surface area contributed by atoms with Crippen LogP contribution in [-0.4, -0.2) is 55.2 Å². The first kappa shape index (κ1) is 17.9. The number of rotatable bonds is 4. The van der Waals surface area contributed by atoms with Crippen LogP contribution in [0.25, 0.3) is 0 Å². The zero-order valence-electron chi connectivity index (χ0n) is 15.3. The van der Waals surface area contributed by atoms with E-state index in [-0.39, 0.29) is 0 Å². The monoisotopic (exact) mass is 404 g/mol. The van der Waals surface area contributed by atoms with Crippen molar-refractivity contribution in [3.8, 4) is 0 Å². The molecular formula is C18H25BrN6. The molecule has 0 aliphatic carbocycles. The number of pyridine rings is 1. The summed E-state index contributed by atoms with van der Waals surface area (Å²) in [5.74, 6) is 2.74. The van der Waals surface area contributed by atoms with Gasteiger partial charge < -0.3 is 14.7 Å². The second-order valence-electron chi connectivity index (χ2n) is 6.70. The first-order chi connectivity index (χ1) is 12.0. The molecule has 7 heteroatoms. The van der Waals surface area contributed by atoms with Crippen molar-refractivity contribution >= 4 is 33.5 Å². The first-order valence-electron chi connectivity index (χ1n) is 8.57. The third kappa shape index (κ3) is 4.03. The summed E-state index contributed by atoms with van der Waals surface area (Å²) in [6.07, 6.45) is 4.10. The molecule has 2 aromatic rings. The smallest absolute Gasteiger partial charge is 0.227 e. The molecule has 0 radical (unpaired) electrons. The molecule has 0 amide bonds. The normalized spacial score (nSPS) is 17.5. The summed E-state index contributed by atoms with van der Waals surface area (Å²) in [5, 5.41) is 0. The van der Waals surface area contributed by atoms with Crippen LogP contribution < -0.4 is 14.7 Å². The Morgan fingerprint density at radius 1 is 1.16 bits per heavy atom. The topological polar surface area (TPSA) is 48.4 Å². The van der Waals surface area contributed by atoms with Crippen LogP contribution in [0.3, 0.4) is 0 Å². The SMILES string of the molecule is Cc1nc(N2CCCC(N(C)c3nccc(N(C)C)n3)C2)ccc1Br. The average molecular weight is 405 g/mol. The van der Waals surface area contributed by atoms with E-state index >= 15 is 0 Å². The summed E-state index contributed by atoms with van der Waals surface area (Å²) in [6, 6.07) is 6.47. The molecule has 6 nitrogen and oxygen atoms in total. The van der Waals surface area contributed by atoms with Gasteiger partial charge in [-0.15, -0.1) is 0 Å². The van der Waals surface area contributed by atoms with Gasteiger partial charge in [0.2, 0.25) is 5.95 Å². The number of aryl methyl sites for hydroxylation is 1. The van der Waals surface area contributed by atoms with Gasteiger partial charge in [0.05, 0.1) is 5.69 Å². The Kier molecular flexibility index (Phi) is 5.42. The van der Waals surface area contributed by atoms with Gasteiger partial charge in [-0.05, 0) is 53.9 Å². The second-order valence-corrected chi connectivity index (χ2v) is 7.55. The van der Waals surface area contributed by atoms with Gasteiger partial charge in [-0.2, -0.15) is 4.98 Å².